The van der Waals surface area contributed by atoms with Gasteiger partial charge < -0.3 is 15.0 Å². The van der Waals surface area contributed by atoms with Crippen LogP contribution in [0.2, 0.25) is 0 Å². The summed E-state index contributed by atoms with van der Waals surface area (Å²) in [4.78, 5) is 18.6. The van der Waals surface area contributed by atoms with Gasteiger partial charge >= 0.3 is 5.97 Å². The van der Waals surface area contributed by atoms with Crippen LogP contribution in [-0.2, 0) is 4.74 Å². The fraction of sp³-hybridized carbons (Fsp3) is 0.625. The molecule has 1 fully saturated rings. The predicted octanol–water partition coefficient (Wildman–Crippen LogP) is 2.40. The highest BCUT2D eigenvalue weighted by molar-refractivity contribution is 5.94. The second-order valence-electron chi connectivity index (χ2n) is 6.09. The summed E-state index contributed by atoms with van der Waals surface area (Å²) in [5.41, 5.74) is 0.756. The summed E-state index contributed by atoms with van der Waals surface area (Å²) in [6.07, 6.45) is 4.00. The Balaban J connectivity index is 2.01. The van der Waals surface area contributed by atoms with Crippen LogP contribution in [0.1, 0.15) is 37.0 Å². The highest BCUT2D eigenvalue weighted by Crippen LogP contribution is 2.30. The molecule has 0 atom stereocenters. The maximum atomic E-state index is 11.9. The molecule has 0 aliphatic carbocycles. The predicted molar refractivity (Wildman–Crippen MR) is 83.5 cm³/mol. The molecule has 0 bridgehead atoms. The Morgan fingerprint density at radius 2 is 2.19 bits per heavy atom. The second kappa shape index (κ2) is 6.89. The first-order valence-corrected chi connectivity index (χ1v) is 7.59. The molecule has 0 spiro atoms. The number of piperidine rings is 1. The van der Waals surface area contributed by atoms with Crippen molar-refractivity contribution in [3.63, 3.8) is 0 Å². The Labute approximate surface area is 126 Å². The fourth-order valence-electron chi connectivity index (χ4n) is 2.55. The standard InChI is InChI=1S/C16H25N3O2/c1-4-21-15(20)13-6-5-9-17-14(13)18-12-16(2)7-10-19(3)11-8-16/h5-6,9H,4,7-8,10-12H2,1-3H3,(H,17,18). The zero-order chi connectivity index (χ0) is 15.3. The molecule has 116 valence electrons. The molecule has 2 heterocycles. The number of pyridine rings is 1. The van der Waals surface area contributed by atoms with E-state index in [1.54, 1.807) is 25.3 Å². The highest BCUT2D eigenvalue weighted by Gasteiger charge is 2.29. The summed E-state index contributed by atoms with van der Waals surface area (Å²) >= 11 is 0. The average Bonchev–Trinajstić information content (AvgIpc) is 2.49. The van der Waals surface area contributed by atoms with Crippen LogP contribution in [0.25, 0.3) is 0 Å². The summed E-state index contributed by atoms with van der Waals surface area (Å²) in [5, 5.41) is 3.35. The first-order valence-electron chi connectivity index (χ1n) is 7.59. The molecule has 1 N–H and O–H groups in total. The molecule has 5 nitrogen and oxygen atoms in total. The van der Waals surface area contributed by atoms with Crippen molar-refractivity contribution in [1.82, 2.24) is 9.88 Å². The number of anilines is 1. The van der Waals surface area contributed by atoms with Gasteiger partial charge in [0.2, 0.25) is 0 Å². The summed E-state index contributed by atoms with van der Waals surface area (Å²) in [7, 11) is 2.16. The van der Waals surface area contributed by atoms with Crippen LogP contribution in [0.5, 0.6) is 0 Å². The van der Waals surface area contributed by atoms with Crippen molar-refractivity contribution in [2.24, 2.45) is 5.41 Å². The van der Waals surface area contributed by atoms with Crippen LogP contribution in [-0.4, -0.2) is 49.1 Å². The van der Waals surface area contributed by atoms with Crippen molar-refractivity contribution in [2.75, 3.05) is 38.6 Å². The van der Waals surface area contributed by atoms with E-state index in [0.717, 1.165) is 32.5 Å². The molecule has 0 aromatic carbocycles. The number of ether oxygens (including phenoxy) is 1. The molecule has 1 saturated heterocycles. The molecule has 0 unspecified atom stereocenters. The van der Waals surface area contributed by atoms with E-state index in [0.29, 0.717) is 18.0 Å². The topological polar surface area (TPSA) is 54.5 Å². The van der Waals surface area contributed by atoms with Crippen molar-refractivity contribution in [3.05, 3.63) is 23.9 Å². The normalized spacial score (nSPS) is 18.2. The van der Waals surface area contributed by atoms with E-state index >= 15 is 0 Å². The Hall–Kier alpha value is -1.62. The van der Waals surface area contributed by atoms with Crippen LogP contribution < -0.4 is 5.32 Å². The van der Waals surface area contributed by atoms with Crippen molar-refractivity contribution in [3.8, 4) is 0 Å². The van der Waals surface area contributed by atoms with E-state index in [2.05, 4.69) is 29.2 Å². The molecule has 1 aromatic heterocycles. The van der Waals surface area contributed by atoms with Gasteiger partial charge in [0, 0.05) is 12.7 Å². The number of hydrogen-bond donors (Lipinski definition) is 1. The van der Waals surface area contributed by atoms with Gasteiger partial charge in [-0.2, -0.15) is 0 Å². The van der Waals surface area contributed by atoms with Crippen molar-refractivity contribution in [1.29, 1.82) is 0 Å². The lowest BCUT2D eigenvalue weighted by atomic mass is 9.80. The lowest BCUT2D eigenvalue weighted by molar-refractivity contribution is 0.0527. The maximum Gasteiger partial charge on any atom is 0.341 e. The van der Waals surface area contributed by atoms with Crippen LogP contribution in [0.4, 0.5) is 5.82 Å². The van der Waals surface area contributed by atoms with Gasteiger partial charge in [0.05, 0.1) is 6.61 Å². The Bertz CT molecular complexity index is 482. The molecular weight excluding hydrogens is 266 g/mol. The zero-order valence-corrected chi connectivity index (χ0v) is 13.2. The van der Waals surface area contributed by atoms with Gasteiger partial charge in [-0.05, 0) is 57.5 Å². The lowest BCUT2D eigenvalue weighted by Crippen LogP contribution is -2.40. The van der Waals surface area contributed by atoms with E-state index in [-0.39, 0.29) is 11.4 Å². The van der Waals surface area contributed by atoms with E-state index in [1.165, 1.54) is 0 Å². The summed E-state index contributed by atoms with van der Waals surface area (Å²) in [5.74, 6) is 0.303. The Kier molecular flexibility index (Phi) is 5.17. The molecule has 0 amide bonds. The molecule has 2 rings (SSSR count). The van der Waals surface area contributed by atoms with Gasteiger partial charge in [0.15, 0.2) is 0 Å². The van der Waals surface area contributed by atoms with Crippen LogP contribution in [0.15, 0.2) is 18.3 Å². The highest BCUT2D eigenvalue weighted by atomic mass is 16.5. The summed E-state index contributed by atoms with van der Waals surface area (Å²) in [6, 6.07) is 3.51. The minimum absolute atomic E-state index is 0.246. The molecule has 1 aromatic rings. The number of nitrogens with zero attached hydrogens (tertiary/aromatic N) is 2. The molecule has 21 heavy (non-hydrogen) atoms. The van der Waals surface area contributed by atoms with Crippen molar-refractivity contribution < 1.29 is 9.53 Å². The van der Waals surface area contributed by atoms with E-state index in [4.69, 9.17) is 4.74 Å². The van der Waals surface area contributed by atoms with E-state index in [9.17, 15) is 4.79 Å². The smallest absolute Gasteiger partial charge is 0.341 e. The third kappa shape index (κ3) is 4.17. The molecular formula is C16H25N3O2. The number of hydrogen-bond acceptors (Lipinski definition) is 5. The number of esters is 1. The van der Waals surface area contributed by atoms with Gasteiger partial charge in [-0.15, -0.1) is 0 Å². The largest absolute Gasteiger partial charge is 0.462 e. The number of aromatic nitrogens is 1. The van der Waals surface area contributed by atoms with Gasteiger partial charge in [-0.1, -0.05) is 6.92 Å². The number of rotatable bonds is 5. The molecule has 5 heteroatoms. The molecule has 1 aliphatic rings. The quantitative estimate of drug-likeness (QED) is 0.844. The Morgan fingerprint density at radius 1 is 1.48 bits per heavy atom. The third-order valence-corrected chi connectivity index (χ3v) is 4.18. The average molecular weight is 291 g/mol. The second-order valence-corrected chi connectivity index (χ2v) is 6.09. The lowest BCUT2D eigenvalue weighted by Gasteiger charge is -2.38. The molecule has 1 aliphatic heterocycles. The Morgan fingerprint density at radius 3 is 2.86 bits per heavy atom. The minimum atomic E-state index is -0.318. The third-order valence-electron chi connectivity index (χ3n) is 4.18. The van der Waals surface area contributed by atoms with Crippen molar-refractivity contribution >= 4 is 11.8 Å². The van der Waals surface area contributed by atoms with E-state index in [1.807, 2.05) is 0 Å². The van der Waals surface area contributed by atoms with Gasteiger partial charge in [0.25, 0.3) is 0 Å². The maximum absolute atomic E-state index is 11.9. The van der Waals surface area contributed by atoms with Gasteiger partial charge in [0.1, 0.15) is 11.4 Å². The number of carbonyl (C=O) groups excluding carboxylic acids is 1. The van der Waals surface area contributed by atoms with Crippen molar-refractivity contribution in [2.45, 2.75) is 26.7 Å². The first-order chi connectivity index (χ1) is 10.0. The molecule has 0 saturated carbocycles. The fourth-order valence-corrected chi connectivity index (χ4v) is 2.55. The van der Waals surface area contributed by atoms with E-state index < -0.39 is 0 Å². The monoisotopic (exact) mass is 291 g/mol. The van der Waals surface area contributed by atoms with Crippen LogP contribution in [0, 0.1) is 5.41 Å². The zero-order valence-electron chi connectivity index (χ0n) is 13.2. The van der Waals surface area contributed by atoms with Gasteiger partial charge in [-0.3, -0.25) is 0 Å². The minimum Gasteiger partial charge on any atom is -0.462 e. The van der Waals surface area contributed by atoms with Gasteiger partial charge in [-0.25, -0.2) is 9.78 Å². The number of carbonyl (C=O) groups is 1. The van der Waals surface area contributed by atoms with Crippen LogP contribution in [0.3, 0.4) is 0 Å². The summed E-state index contributed by atoms with van der Waals surface area (Å²) in [6.45, 7) is 7.53. The first kappa shape index (κ1) is 15.8. The summed E-state index contributed by atoms with van der Waals surface area (Å²) < 4.78 is 5.07. The molecule has 0 radical (unpaired) electrons. The number of nitrogens with one attached hydrogen (secondary N) is 1. The van der Waals surface area contributed by atoms with Crippen LogP contribution >= 0.6 is 0 Å². The SMILES string of the molecule is CCOC(=O)c1cccnc1NCC1(C)CCN(C)CC1. The number of likely N-dealkylation sites (tertiary alicyclic amines) is 1.